The van der Waals surface area contributed by atoms with E-state index in [-0.39, 0.29) is 5.91 Å². The van der Waals surface area contributed by atoms with Crippen molar-refractivity contribution in [2.75, 3.05) is 18.9 Å². The lowest BCUT2D eigenvalue weighted by Crippen LogP contribution is -2.30. The predicted molar refractivity (Wildman–Crippen MR) is 95.6 cm³/mol. The summed E-state index contributed by atoms with van der Waals surface area (Å²) in [4.78, 5) is 14.0. The van der Waals surface area contributed by atoms with Crippen molar-refractivity contribution in [3.05, 3.63) is 62.7 Å². The van der Waals surface area contributed by atoms with Gasteiger partial charge in [-0.05, 0) is 53.4 Å². The summed E-state index contributed by atoms with van der Waals surface area (Å²) in [5.74, 6) is -0.0336. The summed E-state index contributed by atoms with van der Waals surface area (Å²) in [5.41, 5.74) is 1.86. The summed E-state index contributed by atoms with van der Waals surface area (Å²) in [6, 6.07) is 15.4. The van der Waals surface area contributed by atoms with E-state index in [1.807, 2.05) is 60.5 Å². The molecule has 110 valence electrons. The van der Waals surface area contributed by atoms with Crippen molar-refractivity contribution in [2.45, 2.75) is 6.54 Å². The minimum atomic E-state index is -0.0336. The van der Waals surface area contributed by atoms with Crippen molar-refractivity contribution in [3.63, 3.8) is 0 Å². The second kappa shape index (κ2) is 7.77. The van der Waals surface area contributed by atoms with Crippen molar-refractivity contribution in [3.8, 4) is 0 Å². The number of benzene rings is 2. The molecule has 0 atom stereocenters. The number of rotatable bonds is 5. The van der Waals surface area contributed by atoms with Gasteiger partial charge in [-0.25, -0.2) is 0 Å². The van der Waals surface area contributed by atoms with Gasteiger partial charge in [-0.3, -0.25) is 9.69 Å². The summed E-state index contributed by atoms with van der Waals surface area (Å²) in [7, 11) is 1.90. The standard InChI is InChI=1S/C16H16ClIN2O/c1-20(10-12-6-2-3-7-13(12)17)11-16(21)19-15-9-5-4-8-14(15)18/h2-9H,10-11H2,1H3,(H,19,21). The van der Waals surface area contributed by atoms with Crippen molar-refractivity contribution in [1.29, 1.82) is 0 Å². The van der Waals surface area contributed by atoms with Gasteiger partial charge in [-0.2, -0.15) is 0 Å². The molecular formula is C16H16ClIN2O. The minimum Gasteiger partial charge on any atom is -0.324 e. The number of nitrogens with zero attached hydrogens (tertiary/aromatic N) is 1. The van der Waals surface area contributed by atoms with Crippen LogP contribution in [-0.2, 0) is 11.3 Å². The van der Waals surface area contributed by atoms with Gasteiger partial charge in [0.25, 0.3) is 0 Å². The summed E-state index contributed by atoms with van der Waals surface area (Å²) in [6.07, 6.45) is 0. The van der Waals surface area contributed by atoms with Gasteiger partial charge in [0, 0.05) is 15.1 Å². The molecule has 0 aliphatic carbocycles. The molecule has 0 aromatic heterocycles. The van der Waals surface area contributed by atoms with E-state index in [4.69, 9.17) is 11.6 Å². The monoisotopic (exact) mass is 414 g/mol. The number of hydrogen-bond acceptors (Lipinski definition) is 2. The molecule has 0 spiro atoms. The smallest absolute Gasteiger partial charge is 0.238 e. The van der Waals surface area contributed by atoms with Gasteiger partial charge in [0.1, 0.15) is 0 Å². The molecule has 0 radical (unpaired) electrons. The van der Waals surface area contributed by atoms with Crippen LogP contribution in [0.25, 0.3) is 0 Å². The van der Waals surface area contributed by atoms with Gasteiger partial charge in [-0.15, -0.1) is 0 Å². The molecule has 0 aliphatic rings. The summed E-state index contributed by atoms with van der Waals surface area (Å²) in [5, 5.41) is 3.64. The third-order valence-corrected chi connectivity index (χ3v) is 4.27. The molecule has 0 unspecified atom stereocenters. The average molecular weight is 415 g/mol. The van der Waals surface area contributed by atoms with Crippen LogP contribution in [-0.4, -0.2) is 24.4 Å². The molecule has 2 aromatic rings. The molecule has 21 heavy (non-hydrogen) atoms. The lowest BCUT2D eigenvalue weighted by atomic mass is 10.2. The lowest BCUT2D eigenvalue weighted by molar-refractivity contribution is -0.117. The Balaban J connectivity index is 1.91. The number of anilines is 1. The molecule has 0 saturated carbocycles. The van der Waals surface area contributed by atoms with Crippen molar-refractivity contribution in [1.82, 2.24) is 4.90 Å². The van der Waals surface area contributed by atoms with Gasteiger partial charge in [0.05, 0.1) is 12.2 Å². The van der Waals surface area contributed by atoms with Crippen LogP contribution < -0.4 is 5.32 Å². The van der Waals surface area contributed by atoms with Crippen molar-refractivity contribution in [2.24, 2.45) is 0 Å². The van der Waals surface area contributed by atoms with E-state index in [1.165, 1.54) is 0 Å². The van der Waals surface area contributed by atoms with Crippen LogP contribution in [0.15, 0.2) is 48.5 Å². The number of carbonyl (C=O) groups excluding carboxylic acids is 1. The number of nitrogens with one attached hydrogen (secondary N) is 1. The Morgan fingerprint density at radius 3 is 2.57 bits per heavy atom. The van der Waals surface area contributed by atoms with E-state index in [0.29, 0.717) is 13.1 Å². The molecule has 0 saturated heterocycles. The molecule has 5 heteroatoms. The minimum absolute atomic E-state index is 0.0336. The normalized spacial score (nSPS) is 10.7. The van der Waals surface area contributed by atoms with Crippen molar-refractivity contribution >= 4 is 45.8 Å². The maximum atomic E-state index is 12.1. The van der Waals surface area contributed by atoms with Gasteiger partial charge in [0.2, 0.25) is 5.91 Å². The first-order chi connectivity index (χ1) is 10.1. The highest BCUT2D eigenvalue weighted by Crippen LogP contribution is 2.18. The zero-order valence-electron chi connectivity index (χ0n) is 11.6. The summed E-state index contributed by atoms with van der Waals surface area (Å²) in [6.45, 7) is 0.954. The van der Waals surface area contributed by atoms with Crippen LogP contribution in [0.1, 0.15) is 5.56 Å². The molecule has 0 bridgehead atoms. The lowest BCUT2D eigenvalue weighted by Gasteiger charge is -2.17. The summed E-state index contributed by atoms with van der Waals surface area (Å²) < 4.78 is 1.03. The van der Waals surface area contributed by atoms with Crippen molar-refractivity contribution < 1.29 is 4.79 Å². The van der Waals surface area contributed by atoms with Crippen LogP contribution in [0, 0.1) is 3.57 Å². The molecule has 3 nitrogen and oxygen atoms in total. The Kier molecular flexibility index (Phi) is 6.02. The maximum Gasteiger partial charge on any atom is 0.238 e. The van der Waals surface area contributed by atoms with Gasteiger partial charge in [-0.1, -0.05) is 41.9 Å². The van der Waals surface area contributed by atoms with Crippen LogP contribution in [0.2, 0.25) is 5.02 Å². The third kappa shape index (κ3) is 4.98. The van der Waals surface area contributed by atoms with Crippen LogP contribution >= 0.6 is 34.2 Å². The molecular weight excluding hydrogens is 399 g/mol. The topological polar surface area (TPSA) is 32.3 Å². The molecule has 0 aliphatic heterocycles. The fourth-order valence-corrected chi connectivity index (χ4v) is 2.69. The molecule has 2 aromatic carbocycles. The predicted octanol–water partition coefficient (Wildman–Crippen LogP) is 4.02. The third-order valence-electron chi connectivity index (χ3n) is 2.96. The first kappa shape index (κ1) is 16.3. The second-order valence-electron chi connectivity index (χ2n) is 4.79. The highest BCUT2D eigenvalue weighted by atomic mass is 127. The first-order valence-electron chi connectivity index (χ1n) is 6.52. The number of halogens is 2. The number of likely N-dealkylation sites (N-methyl/N-ethyl adjacent to an activating group) is 1. The second-order valence-corrected chi connectivity index (χ2v) is 6.36. The quantitative estimate of drug-likeness (QED) is 0.750. The average Bonchev–Trinajstić information content (AvgIpc) is 2.44. The molecule has 0 fully saturated rings. The Hall–Kier alpha value is -1.11. The zero-order chi connectivity index (χ0) is 15.2. The van der Waals surface area contributed by atoms with E-state index in [1.54, 1.807) is 0 Å². The van der Waals surface area contributed by atoms with Crippen LogP contribution in [0.3, 0.4) is 0 Å². The van der Waals surface area contributed by atoms with Gasteiger partial charge >= 0.3 is 0 Å². The van der Waals surface area contributed by atoms with E-state index < -0.39 is 0 Å². The van der Waals surface area contributed by atoms with Gasteiger partial charge in [0.15, 0.2) is 0 Å². The van der Waals surface area contributed by atoms with E-state index in [9.17, 15) is 4.79 Å². The SMILES string of the molecule is CN(CC(=O)Nc1ccccc1I)Cc1ccccc1Cl. The molecule has 2 rings (SSSR count). The zero-order valence-corrected chi connectivity index (χ0v) is 14.6. The summed E-state index contributed by atoms with van der Waals surface area (Å²) >= 11 is 8.33. The Labute approximate surface area is 143 Å². The fourth-order valence-electron chi connectivity index (χ4n) is 1.97. The number of carbonyl (C=O) groups is 1. The Morgan fingerprint density at radius 2 is 1.86 bits per heavy atom. The molecule has 1 N–H and O–H groups in total. The van der Waals surface area contributed by atoms with Gasteiger partial charge < -0.3 is 5.32 Å². The number of hydrogen-bond donors (Lipinski definition) is 1. The maximum absolute atomic E-state index is 12.1. The Morgan fingerprint density at radius 1 is 1.19 bits per heavy atom. The molecule has 0 heterocycles. The number of para-hydroxylation sites is 1. The van der Waals surface area contributed by atoms with Crippen LogP contribution in [0.5, 0.6) is 0 Å². The van der Waals surface area contributed by atoms with E-state index >= 15 is 0 Å². The van der Waals surface area contributed by atoms with Crippen LogP contribution in [0.4, 0.5) is 5.69 Å². The largest absolute Gasteiger partial charge is 0.324 e. The fraction of sp³-hybridized carbons (Fsp3) is 0.188. The highest BCUT2D eigenvalue weighted by Gasteiger charge is 2.10. The van der Waals surface area contributed by atoms with E-state index in [0.717, 1.165) is 19.8 Å². The first-order valence-corrected chi connectivity index (χ1v) is 7.98. The number of amides is 1. The van der Waals surface area contributed by atoms with E-state index in [2.05, 4.69) is 27.9 Å². The Bertz CT molecular complexity index is 633. The molecule has 1 amide bonds. The highest BCUT2D eigenvalue weighted by molar-refractivity contribution is 14.1.